The number of fused-ring (bicyclic) bond motifs is 1. The Morgan fingerprint density at radius 1 is 0.974 bits per heavy atom. The molecule has 4 rings (SSSR count). The number of hydrogen-bond acceptors (Lipinski definition) is 5. The van der Waals surface area contributed by atoms with Gasteiger partial charge in [-0.15, -0.1) is 0 Å². The maximum absolute atomic E-state index is 14.1. The highest BCUT2D eigenvalue weighted by molar-refractivity contribution is 6.37. The van der Waals surface area contributed by atoms with Gasteiger partial charge in [0.05, 0.1) is 6.04 Å². The van der Waals surface area contributed by atoms with Gasteiger partial charge >= 0.3 is 6.03 Å². The number of piperidine rings is 1. The predicted molar refractivity (Wildman–Crippen MR) is 142 cm³/mol. The van der Waals surface area contributed by atoms with Crippen LogP contribution in [-0.4, -0.2) is 64.6 Å². The number of primary amides is 1. The van der Waals surface area contributed by atoms with Crippen LogP contribution in [-0.2, 0) is 19.2 Å². The van der Waals surface area contributed by atoms with Gasteiger partial charge in [-0.3, -0.25) is 19.2 Å². The minimum Gasteiger partial charge on any atom is -0.363 e. The van der Waals surface area contributed by atoms with Gasteiger partial charge < -0.3 is 26.6 Å². The van der Waals surface area contributed by atoms with E-state index in [-0.39, 0.29) is 35.0 Å². The lowest BCUT2D eigenvalue weighted by Crippen LogP contribution is -2.61. The van der Waals surface area contributed by atoms with E-state index in [0.29, 0.717) is 13.0 Å². The average molecular weight is 532 g/mol. The number of nitrogens with zero attached hydrogens (tertiary/aromatic N) is 1. The van der Waals surface area contributed by atoms with E-state index in [9.17, 15) is 24.0 Å². The third-order valence-corrected chi connectivity index (χ3v) is 9.06. The zero-order valence-electron chi connectivity index (χ0n) is 23.5. The molecule has 1 saturated heterocycles. The molecule has 0 bridgehead atoms. The van der Waals surface area contributed by atoms with E-state index < -0.39 is 47.3 Å². The van der Waals surface area contributed by atoms with Gasteiger partial charge in [0.25, 0.3) is 5.91 Å². The zero-order chi connectivity index (χ0) is 28.0. The molecule has 3 aliphatic carbocycles. The summed E-state index contributed by atoms with van der Waals surface area (Å²) in [6.45, 7) is 10.3. The Balaban J connectivity index is 1.55. The Morgan fingerprint density at radius 2 is 1.61 bits per heavy atom. The van der Waals surface area contributed by atoms with Crippen molar-refractivity contribution in [1.82, 2.24) is 20.9 Å². The molecule has 0 radical (unpaired) electrons. The van der Waals surface area contributed by atoms with Crippen molar-refractivity contribution in [2.45, 2.75) is 110 Å². The first-order valence-corrected chi connectivity index (χ1v) is 14.2. The van der Waals surface area contributed by atoms with Gasteiger partial charge in [0, 0.05) is 12.1 Å². The number of carbonyl (C=O) groups is 5. The van der Waals surface area contributed by atoms with Crippen molar-refractivity contribution in [2.75, 3.05) is 6.54 Å². The summed E-state index contributed by atoms with van der Waals surface area (Å²) in [4.78, 5) is 66.5. The van der Waals surface area contributed by atoms with Gasteiger partial charge in [-0.25, -0.2) is 4.79 Å². The maximum atomic E-state index is 14.1. The number of nitrogens with one attached hydrogen (secondary N) is 3. The number of Topliss-reactive ketones (excluding diaryl/α,β-unsaturated/α-hetero) is 1. The second kappa shape index (κ2) is 10.5. The van der Waals surface area contributed by atoms with Gasteiger partial charge in [-0.05, 0) is 69.1 Å². The molecule has 1 heterocycles. The predicted octanol–water partition coefficient (Wildman–Crippen LogP) is 1.86. The fraction of sp³-hybridized carbons (Fsp3) is 0.821. The summed E-state index contributed by atoms with van der Waals surface area (Å²) in [6, 6.07) is -2.87. The lowest BCUT2D eigenvalue weighted by molar-refractivity contribution is -0.144. The monoisotopic (exact) mass is 531 g/mol. The summed E-state index contributed by atoms with van der Waals surface area (Å²) in [5.74, 6) is -2.13. The number of hydrogen-bond donors (Lipinski definition) is 4. The summed E-state index contributed by atoms with van der Waals surface area (Å²) in [5.41, 5.74) is 4.70. The van der Waals surface area contributed by atoms with Crippen LogP contribution in [0, 0.1) is 29.1 Å². The van der Waals surface area contributed by atoms with Crippen molar-refractivity contribution in [3.8, 4) is 0 Å². The van der Waals surface area contributed by atoms with Gasteiger partial charge in [0.2, 0.25) is 17.6 Å². The number of urea groups is 1. The van der Waals surface area contributed by atoms with E-state index in [1.165, 1.54) is 0 Å². The molecule has 2 unspecified atom stereocenters. The smallest absolute Gasteiger partial charge is 0.315 e. The van der Waals surface area contributed by atoms with Crippen LogP contribution in [0.3, 0.4) is 0 Å². The topological polar surface area (TPSA) is 151 Å². The highest BCUT2D eigenvalue weighted by Crippen LogP contribution is 2.65. The number of amides is 5. The molecule has 212 valence electrons. The summed E-state index contributed by atoms with van der Waals surface area (Å²) in [6.07, 6.45) is 7.07. The van der Waals surface area contributed by atoms with Crippen LogP contribution in [0.25, 0.3) is 0 Å². The minimum atomic E-state index is -1.06. The summed E-state index contributed by atoms with van der Waals surface area (Å²) in [7, 11) is 0. The Kier molecular flexibility index (Phi) is 7.83. The van der Waals surface area contributed by atoms with Crippen molar-refractivity contribution in [3.63, 3.8) is 0 Å². The molecule has 0 aromatic rings. The highest BCUT2D eigenvalue weighted by Gasteiger charge is 2.69. The molecule has 0 aromatic heterocycles. The normalized spacial score (nSPS) is 28.0. The zero-order valence-corrected chi connectivity index (χ0v) is 23.5. The third kappa shape index (κ3) is 6.15. The largest absolute Gasteiger partial charge is 0.363 e. The van der Waals surface area contributed by atoms with Crippen LogP contribution < -0.4 is 21.7 Å². The van der Waals surface area contributed by atoms with Crippen LogP contribution in [0.15, 0.2) is 0 Å². The molecular weight excluding hydrogens is 486 g/mol. The van der Waals surface area contributed by atoms with E-state index in [0.717, 1.165) is 44.9 Å². The molecule has 1 aliphatic heterocycles. The van der Waals surface area contributed by atoms with E-state index in [2.05, 4.69) is 29.8 Å². The molecule has 4 fully saturated rings. The molecule has 4 aliphatic rings. The average Bonchev–Trinajstić information content (AvgIpc) is 3.68. The Hall–Kier alpha value is -2.65. The standard InChI is InChI=1S/C28H45N5O5/c1-27(2,3)32-26(38)31-20(16-9-7-6-8-10-16)25(37)33-14-17-19(28(17,4)5)21(33)24(36)30-18(13-15-11-12-15)22(34)23(29)35/h15-21H,6-14H2,1-5H3,(H2,29,35)(H,30,36)(H2,31,32,38)/t17?,18?,19-,20-,21-/m0/s1. The molecule has 0 spiro atoms. The Morgan fingerprint density at radius 3 is 2.16 bits per heavy atom. The lowest BCUT2D eigenvalue weighted by Gasteiger charge is -2.37. The maximum Gasteiger partial charge on any atom is 0.315 e. The van der Waals surface area contributed by atoms with Crippen LogP contribution in [0.5, 0.6) is 0 Å². The molecule has 0 aromatic carbocycles. The first-order chi connectivity index (χ1) is 17.7. The molecule has 38 heavy (non-hydrogen) atoms. The van der Waals surface area contributed by atoms with Crippen molar-refractivity contribution >= 4 is 29.5 Å². The van der Waals surface area contributed by atoms with E-state index in [4.69, 9.17) is 5.73 Å². The van der Waals surface area contributed by atoms with Crippen molar-refractivity contribution in [1.29, 1.82) is 0 Å². The summed E-state index contributed by atoms with van der Waals surface area (Å²) < 4.78 is 0. The van der Waals surface area contributed by atoms with Crippen LogP contribution in [0.4, 0.5) is 4.79 Å². The van der Waals surface area contributed by atoms with Crippen molar-refractivity contribution < 1.29 is 24.0 Å². The molecule has 10 heteroatoms. The third-order valence-electron chi connectivity index (χ3n) is 9.06. The first-order valence-electron chi connectivity index (χ1n) is 14.2. The molecular formula is C28H45N5O5. The van der Waals surface area contributed by atoms with Crippen molar-refractivity contribution in [3.05, 3.63) is 0 Å². The van der Waals surface area contributed by atoms with Gasteiger partial charge in [0.15, 0.2) is 0 Å². The van der Waals surface area contributed by atoms with Gasteiger partial charge in [0.1, 0.15) is 12.1 Å². The second-order valence-electron chi connectivity index (χ2n) is 13.6. The van der Waals surface area contributed by atoms with E-state index in [1.54, 1.807) is 4.90 Å². The number of likely N-dealkylation sites (tertiary alicyclic amines) is 1. The molecule has 10 nitrogen and oxygen atoms in total. The van der Waals surface area contributed by atoms with Gasteiger partial charge in [-0.2, -0.15) is 0 Å². The second-order valence-corrected chi connectivity index (χ2v) is 13.6. The fourth-order valence-corrected chi connectivity index (χ4v) is 6.71. The van der Waals surface area contributed by atoms with Crippen LogP contribution in [0.1, 0.15) is 86.0 Å². The van der Waals surface area contributed by atoms with Gasteiger partial charge in [-0.1, -0.05) is 46.0 Å². The number of nitrogens with two attached hydrogens (primary N) is 1. The quantitative estimate of drug-likeness (QED) is 0.335. The molecule has 5 N–H and O–H groups in total. The van der Waals surface area contributed by atoms with Crippen molar-refractivity contribution in [2.24, 2.45) is 34.8 Å². The number of ketones is 1. The fourth-order valence-electron chi connectivity index (χ4n) is 6.71. The van der Waals surface area contributed by atoms with E-state index >= 15 is 0 Å². The Bertz CT molecular complexity index is 979. The van der Waals surface area contributed by atoms with Crippen LogP contribution in [0.2, 0.25) is 0 Å². The number of rotatable bonds is 9. The first kappa shape index (κ1) is 28.4. The molecule has 5 atom stereocenters. The Labute approximate surface area is 225 Å². The number of carbonyl (C=O) groups excluding carboxylic acids is 5. The lowest BCUT2D eigenvalue weighted by atomic mass is 9.83. The molecule has 5 amide bonds. The highest BCUT2D eigenvalue weighted by atomic mass is 16.2. The van der Waals surface area contributed by atoms with E-state index in [1.807, 2.05) is 20.8 Å². The SMILES string of the molecule is CC(C)(C)NC(=O)N[C@H](C(=O)N1CC2[C@@H]([C@H]1C(=O)NC(CC1CC1)C(=O)C(N)=O)C2(C)C)C1CCCCC1. The molecule has 3 saturated carbocycles. The summed E-state index contributed by atoms with van der Waals surface area (Å²) >= 11 is 0. The summed E-state index contributed by atoms with van der Waals surface area (Å²) in [5, 5.41) is 8.64. The van der Waals surface area contributed by atoms with Crippen LogP contribution >= 0.6 is 0 Å². The minimum absolute atomic E-state index is 0.00493.